The summed E-state index contributed by atoms with van der Waals surface area (Å²) in [7, 11) is 0. The second kappa shape index (κ2) is 13.6. The molecule has 0 aliphatic rings. The summed E-state index contributed by atoms with van der Waals surface area (Å²) in [6, 6.07) is 2.83. The number of carbonyl (C=O) groups is 5. The Hall–Kier alpha value is -3.93. The van der Waals surface area contributed by atoms with Crippen LogP contribution in [0.15, 0.2) is 30.5 Å². The lowest BCUT2D eigenvalue weighted by Crippen LogP contribution is -2.59. The molecule has 4 atom stereocenters. The van der Waals surface area contributed by atoms with Crippen molar-refractivity contribution in [2.75, 3.05) is 0 Å². The molecule has 0 saturated heterocycles. The smallest absolute Gasteiger partial charge is 0.326 e. The van der Waals surface area contributed by atoms with E-state index in [9.17, 15) is 29.1 Å². The summed E-state index contributed by atoms with van der Waals surface area (Å²) in [5.41, 5.74) is 7.44. The second-order valence-corrected chi connectivity index (χ2v) is 9.96. The number of carboxylic acid groups (broad SMARTS) is 2. The predicted molar refractivity (Wildman–Crippen MR) is 140 cm³/mol. The van der Waals surface area contributed by atoms with E-state index in [-0.39, 0.29) is 24.7 Å². The lowest BCUT2D eigenvalue weighted by molar-refractivity contribution is -0.143. The number of carbonyl (C=O) groups excluding carboxylic acids is 3. The van der Waals surface area contributed by atoms with E-state index in [0.717, 1.165) is 10.9 Å². The highest BCUT2D eigenvalue weighted by Gasteiger charge is 2.32. The number of hydrogen-bond acceptors (Lipinski definition) is 6. The summed E-state index contributed by atoms with van der Waals surface area (Å²) in [4.78, 5) is 64.8. The summed E-state index contributed by atoms with van der Waals surface area (Å²) >= 11 is 0. The molecule has 208 valence electrons. The Morgan fingerprint density at radius 3 is 2.08 bits per heavy atom. The molecule has 8 N–H and O–H groups in total. The number of aliphatic carboxylic acids is 2. The molecule has 12 heteroatoms. The molecule has 0 aliphatic carbocycles. The molecule has 0 aliphatic heterocycles. The van der Waals surface area contributed by atoms with Crippen LogP contribution in [0, 0.1) is 11.8 Å². The maximum absolute atomic E-state index is 13.3. The van der Waals surface area contributed by atoms with Crippen molar-refractivity contribution in [1.29, 1.82) is 0 Å². The summed E-state index contributed by atoms with van der Waals surface area (Å²) in [6.07, 6.45) is 0.910. The maximum Gasteiger partial charge on any atom is 0.326 e. The van der Waals surface area contributed by atoms with E-state index in [1.54, 1.807) is 33.9 Å². The van der Waals surface area contributed by atoms with E-state index in [1.165, 1.54) is 0 Å². The first-order valence-corrected chi connectivity index (χ1v) is 12.5. The molecule has 12 nitrogen and oxygen atoms in total. The Balaban J connectivity index is 2.32. The van der Waals surface area contributed by atoms with Crippen LogP contribution in [0.1, 0.15) is 46.1 Å². The Bertz CT molecular complexity index is 1160. The van der Waals surface area contributed by atoms with Crippen molar-refractivity contribution in [3.8, 4) is 0 Å². The van der Waals surface area contributed by atoms with E-state index in [4.69, 9.17) is 10.8 Å². The van der Waals surface area contributed by atoms with Gasteiger partial charge in [0.2, 0.25) is 17.7 Å². The molecule has 1 heterocycles. The molecular formula is C26H37N5O7. The third kappa shape index (κ3) is 8.30. The molecule has 1 aromatic heterocycles. The number of carboxylic acids is 2. The van der Waals surface area contributed by atoms with Crippen LogP contribution in [0.2, 0.25) is 0 Å². The molecular weight excluding hydrogens is 494 g/mol. The van der Waals surface area contributed by atoms with Gasteiger partial charge in [-0.2, -0.15) is 0 Å². The van der Waals surface area contributed by atoms with Gasteiger partial charge in [-0.1, -0.05) is 45.9 Å². The predicted octanol–water partition coefficient (Wildman–Crippen LogP) is 0.754. The molecule has 4 unspecified atom stereocenters. The number of aromatic amines is 1. The molecule has 0 spiro atoms. The Morgan fingerprint density at radius 2 is 1.50 bits per heavy atom. The third-order valence-electron chi connectivity index (χ3n) is 6.26. The first kappa shape index (κ1) is 30.3. The normalized spacial score (nSPS) is 14.5. The topological polar surface area (TPSA) is 204 Å². The van der Waals surface area contributed by atoms with Crippen molar-refractivity contribution >= 4 is 40.6 Å². The summed E-state index contributed by atoms with van der Waals surface area (Å²) in [5, 5.41) is 26.9. The van der Waals surface area contributed by atoms with Crippen molar-refractivity contribution in [1.82, 2.24) is 20.9 Å². The molecule has 0 bridgehead atoms. The fourth-order valence-electron chi connectivity index (χ4n) is 3.88. The standard InChI is InChI=1S/C26H37N5O7/c1-13(2)21(27)24(35)31-22(14(3)4)25(36)30-19(11-15-12-28-17-8-6-5-7-16(15)17)23(34)29-18(26(37)38)9-10-20(32)33/h5-8,12-14,18-19,21-22,28H,9-11,27H2,1-4H3,(H,29,34)(H,30,36)(H,31,35)(H,32,33)(H,37,38). The van der Waals surface area contributed by atoms with Crippen molar-refractivity contribution < 1.29 is 34.2 Å². The van der Waals surface area contributed by atoms with Crippen molar-refractivity contribution in [2.45, 2.75) is 71.1 Å². The number of nitrogens with two attached hydrogens (primary N) is 1. The van der Waals surface area contributed by atoms with Crippen LogP contribution in [0.3, 0.4) is 0 Å². The van der Waals surface area contributed by atoms with E-state index in [2.05, 4.69) is 20.9 Å². The van der Waals surface area contributed by atoms with Gasteiger partial charge < -0.3 is 36.9 Å². The minimum Gasteiger partial charge on any atom is -0.481 e. The van der Waals surface area contributed by atoms with Crippen LogP contribution in [0.5, 0.6) is 0 Å². The van der Waals surface area contributed by atoms with Crippen LogP contribution in [0.4, 0.5) is 0 Å². The first-order valence-electron chi connectivity index (χ1n) is 12.5. The molecule has 0 radical (unpaired) electrons. The van der Waals surface area contributed by atoms with Gasteiger partial charge in [-0.25, -0.2) is 4.79 Å². The molecule has 2 aromatic rings. The van der Waals surface area contributed by atoms with Gasteiger partial charge in [-0.05, 0) is 29.9 Å². The highest BCUT2D eigenvalue weighted by molar-refractivity contribution is 5.95. The number of nitrogens with one attached hydrogen (secondary N) is 4. The molecule has 2 rings (SSSR count). The average molecular weight is 532 g/mol. The van der Waals surface area contributed by atoms with Gasteiger partial charge in [-0.3, -0.25) is 19.2 Å². The van der Waals surface area contributed by atoms with E-state index in [0.29, 0.717) is 5.56 Å². The number of amides is 3. The molecule has 1 aromatic carbocycles. The Morgan fingerprint density at radius 1 is 0.868 bits per heavy atom. The van der Waals surface area contributed by atoms with Gasteiger partial charge in [-0.15, -0.1) is 0 Å². The SMILES string of the molecule is CC(C)C(N)C(=O)NC(C(=O)NC(Cc1c[nH]c2ccccc12)C(=O)NC(CCC(=O)O)C(=O)O)C(C)C. The van der Waals surface area contributed by atoms with Crippen molar-refractivity contribution in [3.05, 3.63) is 36.0 Å². The van der Waals surface area contributed by atoms with Crippen molar-refractivity contribution in [3.63, 3.8) is 0 Å². The Labute approximate surface area is 220 Å². The van der Waals surface area contributed by atoms with Gasteiger partial charge >= 0.3 is 11.9 Å². The molecule has 0 fully saturated rings. The number of benzene rings is 1. The zero-order chi connectivity index (χ0) is 28.6. The molecule has 0 saturated carbocycles. The minimum atomic E-state index is -1.47. The second-order valence-electron chi connectivity index (χ2n) is 9.96. The largest absolute Gasteiger partial charge is 0.481 e. The fraction of sp³-hybridized carbons (Fsp3) is 0.500. The van der Waals surface area contributed by atoms with Gasteiger partial charge in [0.15, 0.2) is 0 Å². The monoisotopic (exact) mass is 531 g/mol. The van der Waals surface area contributed by atoms with Gasteiger partial charge in [0.05, 0.1) is 6.04 Å². The zero-order valence-corrected chi connectivity index (χ0v) is 22.0. The van der Waals surface area contributed by atoms with Gasteiger partial charge in [0.25, 0.3) is 0 Å². The van der Waals surface area contributed by atoms with E-state index >= 15 is 0 Å². The van der Waals surface area contributed by atoms with Crippen LogP contribution >= 0.6 is 0 Å². The number of para-hydroxylation sites is 1. The van der Waals surface area contributed by atoms with Gasteiger partial charge in [0.1, 0.15) is 18.1 Å². The number of fused-ring (bicyclic) bond motifs is 1. The van der Waals surface area contributed by atoms with E-state index in [1.807, 2.05) is 24.3 Å². The summed E-state index contributed by atoms with van der Waals surface area (Å²) in [6.45, 7) is 7.01. The quantitative estimate of drug-likeness (QED) is 0.185. The first-order chi connectivity index (χ1) is 17.8. The fourth-order valence-corrected chi connectivity index (χ4v) is 3.88. The molecule has 3 amide bonds. The third-order valence-corrected chi connectivity index (χ3v) is 6.26. The van der Waals surface area contributed by atoms with Crippen LogP contribution in [-0.2, 0) is 30.4 Å². The summed E-state index contributed by atoms with van der Waals surface area (Å²) in [5.74, 6) is -5.06. The number of rotatable bonds is 14. The Kier molecular flexibility index (Phi) is 10.8. The van der Waals surface area contributed by atoms with E-state index < -0.39 is 60.2 Å². The average Bonchev–Trinajstić information content (AvgIpc) is 3.25. The van der Waals surface area contributed by atoms with Crippen LogP contribution in [0.25, 0.3) is 10.9 Å². The number of H-pyrrole nitrogens is 1. The van der Waals surface area contributed by atoms with Crippen LogP contribution in [-0.4, -0.2) is 69.0 Å². The lowest BCUT2D eigenvalue weighted by Gasteiger charge is -2.27. The number of aromatic nitrogens is 1. The minimum absolute atomic E-state index is 0.0110. The lowest BCUT2D eigenvalue weighted by atomic mass is 9.99. The number of hydrogen-bond donors (Lipinski definition) is 7. The summed E-state index contributed by atoms with van der Waals surface area (Å²) < 4.78 is 0. The molecule has 38 heavy (non-hydrogen) atoms. The highest BCUT2D eigenvalue weighted by atomic mass is 16.4. The van der Waals surface area contributed by atoms with Crippen molar-refractivity contribution in [2.24, 2.45) is 17.6 Å². The highest BCUT2D eigenvalue weighted by Crippen LogP contribution is 2.19. The van der Waals surface area contributed by atoms with Crippen LogP contribution < -0.4 is 21.7 Å². The zero-order valence-electron chi connectivity index (χ0n) is 22.0. The maximum atomic E-state index is 13.3. The van der Waals surface area contributed by atoms with Gasteiger partial charge in [0, 0.05) is 29.9 Å².